The van der Waals surface area contributed by atoms with Crippen molar-refractivity contribution >= 4 is 29.7 Å². The van der Waals surface area contributed by atoms with E-state index >= 15 is 0 Å². The Morgan fingerprint density at radius 3 is 2.71 bits per heavy atom. The third kappa shape index (κ3) is 5.27. The molecule has 0 fully saturated rings. The second-order valence-corrected chi connectivity index (χ2v) is 3.46. The van der Waals surface area contributed by atoms with Gasteiger partial charge in [-0.15, -0.1) is 6.42 Å². The van der Waals surface area contributed by atoms with Crippen LogP contribution >= 0.6 is 12.1 Å². The van der Waals surface area contributed by atoms with Crippen molar-refractivity contribution in [3.63, 3.8) is 0 Å². The first-order valence-corrected chi connectivity index (χ1v) is 5.95. The smallest absolute Gasteiger partial charge is 0.0763 e. The maximum Gasteiger partial charge on any atom is 0.0763 e. The van der Waals surface area contributed by atoms with Crippen LogP contribution < -0.4 is 11.1 Å². The first-order chi connectivity index (χ1) is 8.10. The Bertz CT molecular complexity index is 413. The largest absolute Gasteiger partial charge is 0.398 e. The first-order valence-electron chi connectivity index (χ1n) is 4.83. The molecule has 0 saturated carbocycles. The Hall–Kier alpha value is -1.67. The van der Waals surface area contributed by atoms with E-state index in [1.165, 1.54) is 12.5 Å². The monoisotopic (exact) mass is 253 g/mol. The van der Waals surface area contributed by atoms with E-state index in [0.29, 0.717) is 12.2 Å². The van der Waals surface area contributed by atoms with Crippen LogP contribution in [-0.4, -0.2) is 19.0 Å². The molecule has 0 radical (unpaired) electrons. The average molecular weight is 253 g/mol. The number of anilines is 2. The zero-order valence-electron chi connectivity index (χ0n) is 9.88. The van der Waals surface area contributed by atoms with Gasteiger partial charge in [-0.1, -0.05) is 5.92 Å². The van der Waals surface area contributed by atoms with Crippen molar-refractivity contribution in [3.05, 3.63) is 23.3 Å². The van der Waals surface area contributed by atoms with Crippen LogP contribution in [0, 0.1) is 24.7 Å². The third-order valence-corrected chi connectivity index (χ3v) is 1.97. The van der Waals surface area contributed by atoms with Gasteiger partial charge in [-0.3, -0.25) is 0 Å². The lowest BCUT2D eigenvalue weighted by molar-refractivity contribution is 0.944. The maximum absolute atomic E-state index is 10.2. The van der Waals surface area contributed by atoms with Gasteiger partial charge >= 0.3 is 0 Å². The molecule has 92 valence electrons. The molecule has 0 unspecified atom stereocenters. The van der Waals surface area contributed by atoms with Crippen molar-refractivity contribution in [2.24, 2.45) is 0 Å². The Balaban J connectivity index is 0.000000770. The molecule has 4 N–H and O–H groups in total. The SMILES string of the molecule is C#CCNc1cc(N)c(C)cc1C=N.CSF. The van der Waals surface area contributed by atoms with Gasteiger partial charge < -0.3 is 16.5 Å². The summed E-state index contributed by atoms with van der Waals surface area (Å²) < 4.78 is 10.2. The number of aryl methyl sites for hydroxylation is 1. The molecule has 1 aromatic carbocycles. The van der Waals surface area contributed by atoms with Gasteiger partial charge in [0.2, 0.25) is 0 Å². The molecule has 0 amide bonds. The number of nitrogens with two attached hydrogens (primary N) is 1. The van der Waals surface area contributed by atoms with Crippen molar-refractivity contribution < 1.29 is 3.89 Å². The highest BCUT2D eigenvalue weighted by Crippen LogP contribution is 2.21. The lowest BCUT2D eigenvalue weighted by Gasteiger charge is -2.09. The van der Waals surface area contributed by atoms with Crippen LogP contribution in [0.5, 0.6) is 0 Å². The predicted octanol–water partition coefficient (Wildman–Crippen LogP) is 2.85. The number of rotatable bonds is 3. The summed E-state index contributed by atoms with van der Waals surface area (Å²) in [5.41, 5.74) is 9.02. The van der Waals surface area contributed by atoms with E-state index in [4.69, 9.17) is 17.6 Å². The molecule has 0 heterocycles. The van der Waals surface area contributed by atoms with Crippen LogP contribution in [0.25, 0.3) is 0 Å². The Labute approximate surface area is 106 Å². The number of hydrogen-bond donors (Lipinski definition) is 3. The zero-order valence-corrected chi connectivity index (χ0v) is 10.7. The summed E-state index contributed by atoms with van der Waals surface area (Å²) >= 11 is 0.250. The van der Waals surface area contributed by atoms with Gasteiger partial charge in [0, 0.05) is 41.6 Å². The van der Waals surface area contributed by atoms with E-state index in [1.807, 2.05) is 13.0 Å². The summed E-state index contributed by atoms with van der Waals surface area (Å²) in [5, 5.41) is 10.2. The van der Waals surface area contributed by atoms with E-state index in [-0.39, 0.29) is 12.1 Å². The van der Waals surface area contributed by atoms with Crippen LogP contribution in [0.15, 0.2) is 12.1 Å². The van der Waals surface area contributed by atoms with E-state index in [2.05, 4.69) is 11.2 Å². The fraction of sp³-hybridized carbons (Fsp3) is 0.250. The molecule has 0 aliphatic rings. The van der Waals surface area contributed by atoms with Gasteiger partial charge in [0.15, 0.2) is 0 Å². The predicted molar refractivity (Wildman–Crippen MR) is 75.4 cm³/mol. The van der Waals surface area contributed by atoms with Crippen LogP contribution in [0.1, 0.15) is 11.1 Å². The Morgan fingerprint density at radius 1 is 1.65 bits per heavy atom. The molecule has 5 heteroatoms. The standard InChI is InChI=1S/C11H13N3.CH3FS/c1-3-4-14-11-6-10(13)8(2)5-9(11)7-12;1-3-2/h1,5-7,12,14H,4,13H2,2H3;1H3. The number of halogens is 1. The molecule has 1 aromatic rings. The lowest BCUT2D eigenvalue weighted by atomic mass is 10.1. The Kier molecular flexibility index (Phi) is 7.65. The van der Waals surface area contributed by atoms with Gasteiger partial charge in [-0.25, -0.2) is 0 Å². The van der Waals surface area contributed by atoms with Crippen molar-refractivity contribution in [1.82, 2.24) is 0 Å². The molecule has 3 nitrogen and oxygen atoms in total. The van der Waals surface area contributed by atoms with Gasteiger partial charge in [-0.2, -0.15) is 3.89 Å². The van der Waals surface area contributed by atoms with Gasteiger partial charge in [0.25, 0.3) is 0 Å². The third-order valence-electron chi connectivity index (χ3n) is 1.97. The average Bonchev–Trinajstić information content (AvgIpc) is 2.31. The molecular weight excluding hydrogens is 237 g/mol. The molecule has 0 saturated heterocycles. The van der Waals surface area contributed by atoms with Crippen molar-refractivity contribution in [2.75, 3.05) is 23.9 Å². The molecule has 0 spiro atoms. The summed E-state index contributed by atoms with van der Waals surface area (Å²) in [6.45, 7) is 2.34. The summed E-state index contributed by atoms with van der Waals surface area (Å²) in [6, 6.07) is 3.66. The fourth-order valence-corrected chi connectivity index (χ4v) is 1.17. The van der Waals surface area contributed by atoms with Gasteiger partial charge in [0.1, 0.15) is 0 Å². The van der Waals surface area contributed by atoms with Gasteiger partial charge in [0.05, 0.1) is 6.54 Å². The minimum absolute atomic E-state index is 0.250. The zero-order chi connectivity index (χ0) is 13.3. The molecule has 1 rings (SSSR count). The number of nitrogen functional groups attached to an aromatic ring is 1. The van der Waals surface area contributed by atoms with Crippen molar-refractivity contribution in [3.8, 4) is 12.3 Å². The minimum atomic E-state index is 0.250. The fourth-order valence-electron chi connectivity index (χ4n) is 1.17. The maximum atomic E-state index is 10.2. The molecule has 17 heavy (non-hydrogen) atoms. The molecular formula is C12H16FN3S. The molecule has 0 atom stereocenters. The first kappa shape index (κ1) is 15.3. The molecule has 0 aromatic heterocycles. The lowest BCUT2D eigenvalue weighted by Crippen LogP contribution is -2.03. The number of hydrogen-bond acceptors (Lipinski definition) is 4. The Morgan fingerprint density at radius 2 is 2.24 bits per heavy atom. The highest BCUT2D eigenvalue weighted by Gasteiger charge is 2.02. The van der Waals surface area contributed by atoms with E-state index in [9.17, 15) is 3.89 Å². The normalized spacial score (nSPS) is 8.59. The second-order valence-electron chi connectivity index (χ2n) is 3.15. The van der Waals surface area contributed by atoms with E-state index < -0.39 is 0 Å². The summed E-state index contributed by atoms with van der Waals surface area (Å²) in [6.07, 6.45) is 7.79. The van der Waals surface area contributed by atoms with Crippen molar-refractivity contribution in [1.29, 1.82) is 5.41 Å². The number of benzene rings is 1. The topological polar surface area (TPSA) is 61.9 Å². The highest BCUT2D eigenvalue weighted by molar-refractivity contribution is 7.93. The van der Waals surface area contributed by atoms with E-state index in [0.717, 1.165) is 16.8 Å². The quantitative estimate of drug-likeness (QED) is 0.441. The van der Waals surface area contributed by atoms with Crippen molar-refractivity contribution in [2.45, 2.75) is 6.92 Å². The summed E-state index contributed by atoms with van der Waals surface area (Å²) in [4.78, 5) is 0. The summed E-state index contributed by atoms with van der Waals surface area (Å²) in [7, 11) is 0. The van der Waals surface area contributed by atoms with Gasteiger partial charge in [-0.05, 0) is 24.6 Å². The summed E-state index contributed by atoms with van der Waals surface area (Å²) in [5.74, 6) is 2.47. The molecule has 0 aliphatic heterocycles. The molecule has 0 aliphatic carbocycles. The van der Waals surface area contributed by atoms with E-state index in [1.54, 1.807) is 6.07 Å². The van der Waals surface area contributed by atoms with Crippen LogP contribution in [-0.2, 0) is 0 Å². The molecule has 0 bridgehead atoms. The van der Waals surface area contributed by atoms with Crippen LogP contribution in [0.4, 0.5) is 15.3 Å². The number of nitrogens with one attached hydrogen (secondary N) is 2. The number of terminal acetylenes is 1. The van der Waals surface area contributed by atoms with Crippen LogP contribution in [0.3, 0.4) is 0 Å². The highest BCUT2D eigenvalue weighted by atomic mass is 32.2. The second kappa shape index (κ2) is 8.48. The van der Waals surface area contributed by atoms with Crippen LogP contribution in [0.2, 0.25) is 0 Å². The minimum Gasteiger partial charge on any atom is -0.398 e.